The summed E-state index contributed by atoms with van der Waals surface area (Å²) in [5.74, 6) is -0.00887. The van der Waals surface area contributed by atoms with Gasteiger partial charge < -0.3 is 4.74 Å². The maximum atomic E-state index is 13.3. The molecule has 27 heavy (non-hydrogen) atoms. The second kappa shape index (κ2) is 8.02. The van der Waals surface area contributed by atoms with E-state index in [1.807, 2.05) is 43.0 Å². The number of aromatic nitrogens is 2. The Morgan fingerprint density at radius 3 is 2.67 bits per heavy atom. The lowest BCUT2D eigenvalue weighted by Crippen LogP contribution is -2.43. The fourth-order valence-corrected chi connectivity index (χ4v) is 5.04. The Morgan fingerprint density at radius 2 is 1.96 bits per heavy atom. The van der Waals surface area contributed by atoms with E-state index >= 15 is 0 Å². The van der Waals surface area contributed by atoms with Crippen molar-refractivity contribution in [1.29, 1.82) is 0 Å². The number of carbonyl (C=O) groups is 1. The predicted octanol–water partition coefficient (Wildman–Crippen LogP) is 3.35. The van der Waals surface area contributed by atoms with Crippen molar-refractivity contribution in [2.75, 3.05) is 44.3 Å². The quantitative estimate of drug-likeness (QED) is 0.655. The van der Waals surface area contributed by atoms with Crippen molar-refractivity contribution < 1.29 is 9.53 Å². The van der Waals surface area contributed by atoms with Crippen LogP contribution in [0, 0.1) is 13.8 Å². The molecule has 1 aliphatic rings. The summed E-state index contributed by atoms with van der Waals surface area (Å²) >= 11 is 3.02. The molecule has 0 saturated carbocycles. The van der Waals surface area contributed by atoms with E-state index in [0.717, 1.165) is 58.9 Å². The van der Waals surface area contributed by atoms with Crippen LogP contribution in [0.25, 0.3) is 10.2 Å². The molecule has 3 aromatic rings. The number of thiazole rings is 2. The highest BCUT2D eigenvalue weighted by Crippen LogP contribution is 2.31. The molecule has 0 N–H and O–H groups in total. The molecule has 1 fully saturated rings. The van der Waals surface area contributed by atoms with Gasteiger partial charge in [0.25, 0.3) is 5.91 Å². The Labute approximate surface area is 166 Å². The van der Waals surface area contributed by atoms with Crippen LogP contribution in [0.5, 0.6) is 0 Å². The fourth-order valence-electron chi connectivity index (χ4n) is 3.18. The molecule has 1 aromatic carbocycles. The van der Waals surface area contributed by atoms with Crippen molar-refractivity contribution in [2.24, 2.45) is 0 Å². The van der Waals surface area contributed by atoms with Crippen LogP contribution in [0.3, 0.4) is 0 Å². The maximum absolute atomic E-state index is 13.3. The average Bonchev–Trinajstić information content (AvgIpc) is 3.25. The topological polar surface area (TPSA) is 58.6 Å². The molecule has 0 spiro atoms. The van der Waals surface area contributed by atoms with Crippen LogP contribution in [-0.2, 0) is 4.74 Å². The molecule has 0 atom stereocenters. The summed E-state index contributed by atoms with van der Waals surface area (Å²) in [6, 6.07) is 8.01. The summed E-state index contributed by atoms with van der Waals surface area (Å²) in [5.41, 5.74) is 1.72. The minimum Gasteiger partial charge on any atom is -0.379 e. The summed E-state index contributed by atoms with van der Waals surface area (Å²) in [6.07, 6.45) is 0. The van der Waals surface area contributed by atoms with Gasteiger partial charge in [-0.3, -0.25) is 14.6 Å². The second-order valence-corrected chi connectivity index (χ2v) is 8.73. The number of para-hydroxylation sites is 1. The van der Waals surface area contributed by atoms with Gasteiger partial charge in [-0.15, -0.1) is 11.3 Å². The minimum atomic E-state index is -0.00887. The highest BCUT2D eigenvalue weighted by Gasteiger charge is 2.25. The number of carbonyl (C=O) groups excluding carboxylic acids is 1. The lowest BCUT2D eigenvalue weighted by molar-refractivity contribution is 0.0391. The summed E-state index contributed by atoms with van der Waals surface area (Å²) in [6.45, 7) is 8.56. The van der Waals surface area contributed by atoms with Crippen molar-refractivity contribution >= 4 is 43.9 Å². The van der Waals surface area contributed by atoms with E-state index in [-0.39, 0.29) is 5.91 Å². The molecule has 0 aliphatic carbocycles. The van der Waals surface area contributed by atoms with Crippen molar-refractivity contribution in [1.82, 2.24) is 14.9 Å². The molecule has 0 radical (unpaired) electrons. The molecular weight excluding hydrogens is 380 g/mol. The van der Waals surface area contributed by atoms with Gasteiger partial charge >= 0.3 is 0 Å². The Balaban J connectivity index is 1.63. The van der Waals surface area contributed by atoms with E-state index in [0.29, 0.717) is 11.4 Å². The predicted molar refractivity (Wildman–Crippen MR) is 110 cm³/mol. The summed E-state index contributed by atoms with van der Waals surface area (Å²) in [4.78, 5) is 27.4. The lowest BCUT2D eigenvalue weighted by atomic mass is 10.3. The first-order valence-corrected chi connectivity index (χ1v) is 10.7. The first-order chi connectivity index (χ1) is 13.1. The van der Waals surface area contributed by atoms with Crippen molar-refractivity contribution in [3.05, 3.63) is 39.8 Å². The third-order valence-corrected chi connectivity index (χ3v) is 6.72. The highest BCUT2D eigenvalue weighted by atomic mass is 32.1. The number of aryl methyl sites for hydroxylation is 2. The minimum absolute atomic E-state index is 0.00887. The van der Waals surface area contributed by atoms with E-state index in [9.17, 15) is 4.79 Å². The van der Waals surface area contributed by atoms with Crippen LogP contribution in [0.4, 0.5) is 5.13 Å². The molecule has 8 heteroatoms. The van der Waals surface area contributed by atoms with Crippen LogP contribution in [-0.4, -0.2) is 60.2 Å². The zero-order chi connectivity index (χ0) is 18.8. The van der Waals surface area contributed by atoms with E-state index in [1.165, 1.54) is 11.3 Å². The van der Waals surface area contributed by atoms with Crippen LogP contribution >= 0.6 is 22.7 Å². The third-order valence-electron chi connectivity index (χ3n) is 4.60. The van der Waals surface area contributed by atoms with E-state index in [2.05, 4.69) is 9.88 Å². The second-order valence-electron chi connectivity index (χ2n) is 6.52. The molecule has 142 valence electrons. The number of hydrogen-bond donors (Lipinski definition) is 0. The molecule has 0 unspecified atom stereocenters. The van der Waals surface area contributed by atoms with Gasteiger partial charge in [0.1, 0.15) is 4.88 Å². The smallest absolute Gasteiger partial charge is 0.272 e. The van der Waals surface area contributed by atoms with E-state index < -0.39 is 0 Å². The molecule has 0 bridgehead atoms. The Morgan fingerprint density at radius 1 is 1.19 bits per heavy atom. The number of hydrogen-bond acceptors (Lipinski definition) is 7. The van der Waals surface area contributed by atoms with Crippen molar-refractivity contribution in [3.63, 3.8) is 0 Å². The number of fused-ring (bicyclic) bond motifs is 1. The molecule has 2 aromatic heterocycles. The van der Waals surface area contributed by atoms with Gasteiger partial charge in [-0.25, -0.2) is 9.97 Å². The molecule has 1 aliphatic heterocycles. The Hall–Kier alpha value is -1.87. The van der Waals surface area contributed by atoms with Crippen molar-refractivity contribution in [3.8, 4) is 0 Å². The molecule has 6 nitrogen and oxygen atoms in total. The number of ether oxygens (including phenoxy) is 1. The standard InChI is InChI=1S/C19H22N4O2S2/c1-13-17(26-14(2)20-13)18(24)23(8-7-22-9-11-25-12-10-22)19-21-15-5-3-4-6-16(15)27-19/h3-6H,7-12H2,1-2H3. The largest absolute Gasteiger partial charge is 0.379 e. The van der Waals surface area contributed by atoms with Gasteiger partial charge in [0, 0.05) is 26.2 Å². The van der Waals surface area contributed by atoms with Crippen LogP contribution in [0.15, 0.2) is 24.3 Å². The van der Waals surface area contributed by atoms with Gasteiger partial charge in [0.2, 0.25) is 0 Å². The summed E-state index contributed by atoms with van der Waals surface area (Å²) in [5, 5.41) is 1.66. The normalized spacial score (nSPS) is 15.3. The van der Waals surface area contributed by atoms with Gasteiger partial charge in [-0.2, -0.15) is 0 Å². The zero-order valence-corrected chi connectivity index (χ0v) is 17.1. The molecule has 3 heterocycles. The van der Waals surface area contributed by atoms with Gasteiger partial charge in [-0.1, -0.05) is 23.5 Å². The number of rotatable bonds is 5. The van der Waals surface area contributed by atoms with Crippen LogP contribution in [0.1, 0.15) is 20.4 Å². The van der Waals surface area contributed by atoms with Crippen LogP contribution < -0.4 is 4.90 Å². The summed E-state index contributed by atoms with van der Waals surface area (Å²) in [7, 11) is 0. The SMILES string of the molecule is Cc1nc(C)c(C(=O)N(CCN2CCOCC2)c2nc3ccccc3s2)s1. The van der Waals surface area contributed by atoms with E-state index in [1.54, 1.807) is 11.3 Å². The Bertz CT molecular complexity index is 913. The molecule has 1 amide bonds. The number of benzene rings is 1. The lowest BCUT2D eigenvalue weighted by Gasteiger charge is -2.29. The van der Waals surface area contributed by atoms with Gasteiger partial charge in [0.05, 0.1) is 34.1 Å². The fraction of sp³-hybridized carbons (Fsp3) is 0.421. The third kappa shape index (κ3) is 4.03. The van der Waals surface area contributed by atoms with Gasteiger partial charge in [-0.05, 0) is 26.0 Å². The molecule has 1 saturated heterocycles. The first-order valence-electron chi connectivity index (χ1n) is 9.03. The van der Waals surface area contributed by atoms with Crippen LogP contribution in [0.2, 0.25) is 0 Å². The maximum Gasteiger partial charge on any atom is 0.272 e. The summed E-state index contributed by atoms with van der Waals surface area (Å²) < 4.78 is 6.52. The van der Waals surface area contributed by atoms with Gasteiger partial charge in [0.15, 0.2) is 5.13 Å². The monoisotopic (exact) mass is 402 g/mol. The zero-order valence-electron chi connectivity index (χ0n) is 15.5. The molecular formula is C19H22N4O2S2. The first kappa shape index (κ1) is 18.5. The number of nitrogens with zero attached hydrogens (tertiary/aromatic N) is 4. The highest BCUT2D eigenvalue weighted by molar-refractivity contribution is 7.22. The number of morpholine rings is 1. The van der Waals surface area contributed by atoms with Crippen molar-refractivity contribution in [2.45, 2.75) is 13.8 Å². The van der Waals surface area contributed by atoms with E-state index in [4.69, 9.17) is 9.72 Å². The number of amides is 1. The number of anilines is 1. The average molecular weight is 403 g/mol. The Kier molecular flexibility index (Phi) is 5.49. The molecule has 4 rings (SSSR count).